The fourth-order valence-electron chi connectivity index (χ4n) is 5.34. The van der Waals surface area contributed by atoms with Crippen molar-refractivity contribution in [1.82, 2.24) is 0 Å². The van der Waals surface area contributed by atoms with Crippen molar-refractivity contribution in [2.45, 2.75) is 71.3 Å². The number of hydrogen-bond acceptors (Lipinski definition) is 2. The molecule has 2 rings (SSSR count). The molecule has 0 bridgehead atoms. The van der Waals surface area contributed by atoms with Gasteiger partial charge in [-0.05, 0) is 68.1 Å². The van der Waals surface area contributed by atoms with Gasteiger partial charge in [-0.15, -0.1) is 6.58 Å². The molecule has 2 N–H and O–H groups in total. The molecule has 0 saturated heterocycles. The summed E-state index contributed by atoms with van der Waals surface area (Å²) in [5.74, 6) is 1.01. The number of hydrogen-bond donors (Lipinski definition) is 2. The van der Waals surface area contributed by atoms with Crippen molar-refractivity contribution >= 4 is 0 Å². The summed E-state index contributed by atoms with van der Waals surface area (Å²) in [5.41, 5.74) is 0.814. The number of fused-ring (bicyclic) bond motifs is 1. The number of aliphatic hydroxyl groups is 2. The van der Waals surface area contributed by atoms with E-state index in [0.29, 0.717) is 11.8 Å². The zero-order valence-electron chi connectivity index (χ0n) is 14.7. The van der Waals surface area contributed by atoms with E-state index in [1.807, 2.05) is 6.92 Å². The molecule has 22 heavy (non-hydrogen) atoms. The molecule has 0 aliphatic heterocycles. The Bertz CT molecular complexity index is 439. The summed E-state index contributed by atoms with van der Waals surface area (Å²) in [6.07, 6.45) is 9.10. The zero-order valence-corrected chi connectivity index (χ0v) is 14.7. The predicted octanol–water partition coefficient (Wildman–Crippen LogP) is 4.47. The maximum Gasteiger partial charge on any atom is 0.0797 e. The molecule has 0 heterocycles. The summed E-state index contributed by atoms with van der Waals surface area (Å²) in [5, 5.41) is 20.3. The van der Waals surface area contributed by atoms with Crippen LogP contribution in [0.25, 0.3) is 0 Å². The van der Waals surface area contributed by atoms with Crippen LogP contribution >= 0.6 is 0 Å². The van der Waals surface area contributed by atoms with E-state index >= 15 is 0 Å². The lowest BCUT2D eigenvalue weighted by atomic mass is 9.46. The fraction of sp³-hybridized carbons (Fsp3) is 0.800. The van der Waals surface area contributed by atoms with Crippen LogP contribution in [0.3, 0.4) is 0 Å². The third kappa shape index (κ3) is 3.05. The molecule has 2 heteroatoms. The second kappa shape index (κ2) is 6.13. The van der Waals surface area contributed by atoms with Crippen molar-refractivity contribution in [3.63, 3.8) is 0 Å². The van der Waals surface area contributed by atoms with Gasteiger partial charge in [0.1, 0.15) is 0 Å². The molecule has 2 saturated carbocycles. The third-order valence-electron chi connectivity index (χ3n) is 6.88. The number of allylic oxidation sites excluding steroid dienone is 1. The van der Waals surface area contributed by atoms with E-state index in [1.165, 1.54) is 18.4 Å². The van der Waals surface area contributed by atoms with E-state index in [0.717, 1.165) is 32.1 Å². The van der Waals surface area contributed by atoms with Gasteiger partial charge in [-0.3, -0.25) is 0 Å². The highest BCUT2D eigenvalue weighted by Gasteiger charge is 2.54. The van der Waals surface area contributed by atoms with E-state index in [2.05, 4.69) is 27.0 Å². The number of rotatable bonds is 5. The first-order chi connectivity index (χ1) is 10.2. The molecule has 5 atom stereocenters. The minimum Gasteiger partial charge on any atom is -0.396 e. The molecular formula is C20H34O2. The summed E-state index contributed by atoms with van der Waals surface area (Å²) in [6.45, 7) is 14.9. The zero-order chi connectivity index (χ0) is 16.6. The van der Waals surface area contributed by atoms with Crippen molar-refractivity contribution in [3.05, 3.63) is 24.8 Å². The SMILES string of the molecule is C=C[C@@](C)(O)CC[C@H]1C(=C)CC[C@H]2[C@](C)(CO)CCC[C@]12C. The summed E-state index contributed by atoms with van der Waals surface area (Å²) >= 11 is 0. The summed E-state index contributed by atoms with van der Waals surface area (Å²) in [7, 11) is 0. The van der Waals surface area contributed by atoms with Crippen molar-refractivity contribution < 1.29 is 10.2 Å². The molecule has 0 unspecified atom stereocenters. The van der Waals surface area contributed by atoms with E-state index in [-0.39, 0.29) is 17.4 Å². The van der Waals surface area contributed by atoms with Crippen LogP contribution in [0, 0.1) is 22.7 Å². The summed E-state index contributed by atoms with van der Waals surface area (Å²) < 4.78 is 0. The fourth-order valence-corrected chi connectivity index (χ4v) is 5.34. The molecule has 2 nitrogen and oxygen atoms in total. The molecule has 2 aliphatic carbocycles. The van der Waals surface area contributed by atoms with Gasteiger partial charge in [-0.2, -0.15) is 0 Å². The molecule has 0 aromatic heterocycles. The van der Waals surface area contributed by atoms with Gasteiger partial charge >= 0.3 is 0 Å². The van der Waals surface area contributed by atoms with Gasteiger partial charge in [0.2, 0.25) is 0 Å². The van der Waals surface area contributed by atoms with Crippen molar-refractivity contribution in [2.75, 3.05) is 6.61 Å². The average Bonchev–Trinajstić information content (AvgIpc) is 2.46. The molecule has 0 aromatic carbocycles. The van der Waals surface area contributed by atoms with E-state index in [4.69, 9.17) is 0 Å². The molecule has 0 aromatic rings. The van der Waals surface area contributed by atoms with Crippen LogP contribution in [-0.2, 0) is 0 Å². The van der Waals surface area contributed by atoms with Gasteiger partial charge in [0.25, 0.3) is 0 Å². The van der Waals surface area contributed by atoms with Gasteiger partial charge in [-0.25, -0.2) is 0 Å². The minimum absolute atomic E-state index is 0.0485. The van der Waals surface area contributed by atoms with Crippen molar-refractivity contribution in [3.8, 4) is 0 Å². The molecule has 2 aliphatic rings. The van der Waals surface area contributed by atoms with Gasteiger partial charge < -0.3 is 10.2 Å². The van der Waals surface area contributed by atoms with Crippen LogP contribution in [0.4, 0.5) is 0 Å². The maximum absolute atomic E-state index is 10.3. The standard InChI is InChI=1S/C20H34O2/c1-6-19(4,22)13-10-16-15(2)8-9-17-18(3,14-21)11-7-12-20(16,17)5/h6,16-17,21-22H,1-2,7-14H2,3-5H3/t16-,17-,18-,19+,20+/m0/s1. The highest BCUT2D eigenvalue weighted by molar-refractivity contribution is 5.16. The Balaban J connectivity index is 2.24. The second-order valence-electron chi connectivity index (χ2n) is 8.57. The lowest BCUT2D eigenvalue weighted by molar-refractivity contribution is -0.0885. The Labute approximate surface area is 136 Å². The lowest BCUT2D eigenvalue weighted by Gasteiger charge is -2.58. The highest BCUT2D eigenvalue weighted by atomic mass is 16.3. The Kier molecular flexibility index (Phi) is 4.94. The van der Waals surface area contributed by atoms with Crippen LogP contribution in [-0.4, -0.2) is 22.4 Å². The Morgan fingerprint density at radius 3 is 2.64 bits per heavy atom. The average molecular weight is 306 g/mol. The first-order valence-electron chi connectivity index (χ1n) is 8.83. The normalized spacial score (nSPS) is 41.6. The van der Waals surface area contributed by atoms with E-state index in [9.17, 15) is 10.2 Å². The largest absolute Gasteiger partial charge is 0.396 e. The summed E-state index contributed by atoms with van der Waals surface area (Å²) in [6, 6.07) is 0. The van der Waals surface area contributed by atoms with Gasteiger partial charge in [-0.1, -0.05) is 38.5 Å². The van der Waals surface area contributed by atoms with E-state index in [1.54, 1.807) is 6.08 Å². The first-order valence-corrected chi connectivity index (χ1v) is 8.83. The van der Waals surface area contributed by atoms with Crippen molar-refractivity contribution in [2.24, 2.45) is 22.7 Å². The quantitative estimate of drug-likeness (QED) is 0.735. The van der Waals surface area contributed by atoms with Gasteiger partial charge in [0.05, 0.1) is 5.60 Å². The minimum atomic E-state index is -0.793. The predicted molar refractivity (Wildman–Crippen MR) is 92.6 cm³/mol. The van der Waals surface area contributed by atoms with Crippen LogP contribution in [0.1, 0.15) is 65.7 Å². The monoisotopic (exact) mass is 306 g/mol. The van der Waals surface area contributed by atoms with Crippen molar-refractivity contribution in [1.29, 1.82) is 0 Å². The first kappa shape index (κ1) is 17.7. The molecule has 0 amide bonds. The van der Waals surface area contributed by atoms with E-state index < -0.39 is 5.60 Å². The molecule has 0 radical (unpaired) electrons. The second-order valence-corrected chi connectivity index (χ2v) is 8.57. The lowest BCUT2D eigenvalue weighted by Crippen LogP contribution is -2.52. The molecule has 126 valence electrons. The topological polar surface area (TPSA) is 40.5 Å². The van der Waals surface area contributed by atoms with Gasteiger partial charge in [0.15, 0.2) is 0 Å². The maximum atomic E-state index is 10.3. The Morgan fingerprint density at radius 2 is 2.05 bits per heavy atom. The van der Waals surface area contributed by atoms with Crippen LogP contribution in [0.5, 0.6) is 0 Å². The van der Waals surface area contributed by atoms with Crippen LogP contribution in [0.15, 0.2) is 24.8 Å². The summed E-state index contributed by atoms with van der Waals surface area (Å²) in [4.78, 5) is 0. The van der Waals surface area contributed by atoms with Crippen LogP contribution < -0.4 is 0 Å². The molecule has 0 spiro atoms. The highest BCUT2D eigenvalue weighted by Crippen LogP contribution is 2.61. The molecular weight excluding hydrogens is 272 g/mol. The molecule has 2 fully saturated rings. The number of aliphatic hydroxyl groups excluding tert-OH is 1. The smallest absolute Gasteiger partial charge is 0.0797 e. The Morgan fingerprint density at radius 1 is 1.36 bits per heavy atom. The van der Waals surface area contributed by atoms with Gasteiger partial charge in [0, 0.05) is 6.61 Å². The third-order valence-corrected chi connectivity index (χ3v) is 6.88. The Hall–Kier alpha value is -0.600. The van der Waals surface area contributed by atoms with Crippen LogP contribution in [0.2, 0.25) is 0 Å².